The number of ether oxygens (including phenoxy) is 3. The number of nitrogens with zero attached hydrogens (tertiary/aromatic N) is 1. The van der Waals surface area contributed by atoms with Crippen LogP contribution in [0.5, 0.6) is 17.2 Å². The van der Waals surface area contributed by atoms with Crippen LogP contribution in [0.15, 0.2) is 47.4 Å². The van der Waals surface area contributed by atoms with Crippen molar-refractivity contribution >= 4 is 15.9 Å². The van der Waals surface area contributed by atoms with Crippen LogP contribution in [0.2, 0.25) is 0 Å². The fraction of sp³-hybridized carbons (Fsp3) is 0.350. The molecule has 0 aromatic heterocycles. The van der Waals surface area contributed by atoms with Crippen molar-refractivity contribution in [2.45, 2.75) is 36.5 Å². The average Bonchev–Trinajstić information content (AvgIpc) is 3.25. The molecule has 2 aromatic rings. The zero-order valence-electron chi connectivity index (χ0n) is 16.4. The van der Waals surface area contributed by atoms with E-state index in [1.807, 2.05) is 12.1 Å². The van der Waals surface area contributed by atoms with Gasteiger partial charge in [0.2, 0.25) is 16.8 Å². The second-order valence-electron chi connectivity index (χ2n) is 7.23. The van der Waals surface area contributed by atoms with Crippen LogP contribution in [-0.4, -0.2) is 54.4 Å². The molecule has 1 amide bonds. The number of carbonyl (C=O) groups excluding carboxylic acids is 1. The summed E-state index contributed by atoms with van der Waals surface area (Å²) in [4.78, 5) is 11.9. The summed E-state index contributed by atoms with van der Waals surface area (Å²) in [5.74, 6) is 0.911. The van der Waals surface area contributed by atoms with Gasteiger partial charge in [-0.1, -0.05) is 6.07 Å². The Morgan fingerprint density at radius 1 is 1.16 bits per heavy atom. The third kappa shape index (κ3) is 4.44. The monoisotopic (exact) mass is 450 g/mol. The second kappa shape index (κ2) is 8.71. The van der Waals surface area contributed by atoms with E-state index in [1.54, 1.807) is 6.07 Å². The molecule has 10 nitrogen and oxygen atoms in total. The minimum absolute atomic E-state index is 0.0185. The van der Waals surface area contributed by atoms with Gasteiger partial charge in [-0.3, -0.25) is 10.0 Å². The molecule has 31 heavy (non-hydrogen) atoms. The number of hydrogen-bond acceptors (Lipinski definition) is 8. The summed E-state index contributed by atoms with van der Waals surface area (Å²) in [6, 6.07) is 10.1. The van der Waals surface area contributed by atoms with Crippen molar-refractivity contribution in [3.05, 3.63) is 48.0 Å². The highest BCUT2D eigenvalue weighted by molar-refractivity contribution is 7.89. The summed E-state index contributed by atoms with van der Waals surface area (Å²) in [6.07, 6.45) is -0.714. The van der Waals surface area contributed by atoms with E-state index < -0.39 is 28.1 Å². The number of amides is 1. The molecule has 0 spiro atoms. The van der Waals surface area contributed by atoms with E-state index in [4.69, 9.17) is 19.4 Å². The number of carbonyl (C=O) groups is 1. The Bertz CT molecular complexity index is 1060. The fourth-order valence-electron chi connectivity index (χ4n) is 3.57. The molecule has 2 aliphatic rings. The largest absolute Gasteiger partial charge is 0.489 e. The molecule has 1 fully saturated rings. The van der Waals surface area contributed by atoms with Crippen molar-refractivity contribution in [1.82, 2.24) is 9.79 Å². The van der Waals surface area contributed by atoms with Crippen LogP contribution in [-0.2, 0) is 21.4 Å². The van der Waals surface area contributed by atoms with E-state index in [9.17, 15) is 18.3 Å². The highest BCUT2D eigenvalue weighted by atomic mass is 32.2. The standard InChI is InChI=1S/C20H22N2O8S/c23-14-7-8-22(17(10-14)20(24)21-25)31(26,27)16-4-2-15(3-5-16)28-11-13-1-6-18-19(9-13)30-12-29-18/h1-6,9,14,17,23,25H,7-8,10-12H2,(H,21,24). The zero-order chi connectivity index (χ0) is 22.0. The third-order valence-corrected chi connectivity index (χ3v) is 7.13. The summed E-state index contributed by atoms with van der Waals surface area (Å²) in [5, 5.41) is 18.7. The maximum Gasteiger partial charge on any atom is 0.261 e. The van der Waals surface area contributed by atoms with Gasteiger partial charge in [0.15, 0.2) is 11.5 Å². The van der Waals surface area contributed by atoms with E-state index in [0.717, 1.165) is 9.87 Å². The highest BCUT2D eigenvalue weighted by Crippen LogP contribution is 2.33. The smallest absolute Gasteiger partial charge is 0.261 e. The molecular formula is C20H22N2O8S. The Labute approximate surface area is 179 Å². The fourth-order valence-corrected chi connectivity index (χ4v) is 5.18. The van der Waals surface area contributed by atoms with Crippen LogP contribution >= 0.6 is 0 Å². The van der Waals surface area contributed by atoms with Crippen LogP contribution in [0.1, 0.15) is 18.4 Å². The Kier molecular flexibility index (Phi) is 6.01. The maximum absolute atomic E-state index is 13.0. The number of hydrogen-bond donors (Lipinski definition) is 3. The van der Waals surface area contributed by atoms with Crippen LogP contribution in [0.3, 0.4) is 0 Å². The quantitative estimate of drug-likeness (QED) is 0.439. The van der Waals surface area contributed by atoms with E-state index in [0.29, 0.717) is 17.2 Å². The van der Waals surface area contributed by atoms with Gasteiger partial charge in [0.25, 0.3) is 5.91 Å². The van der Waals surface area contributed by atoms with E-state index >= 15 is 0 Å². The molecule has 0 radical (unpaired) electrons. The van der Waals surface area contributed by atoms with Gasteiger partial charge in [-0.05, 0) is 54.8 Å². The molecule has 2 aromatic carbocycles. The van der Waals surface area contributed by atoms with Crippen LogP contribution in [0.25, 0.3) is 0 Å². The number of fused-ring (bicyclic) bond motifs is 1. The summed E-state index contributed by atoms with van der Waals surface area (Å²) >= 11 is 0. The Hall–Kier alpha value is -2.86. The lowest BCUT2D eigenvalue weighted by atomic mass is 10.0. The molecule has 2 unspecified atom stereocenters. The molecule has 2 atom stereocenters. The lowest BCUT2D eigenvalue weighted by Gasteiger charge is -2.35. The zero-order valence-corrected chi connectivity index (χ0v) is 17.2. The first-order chi connectivity index (χ1) is 14.9. The molecule has 11 heteroatoms. The minimum atomic E-state index is -4.02. The van der Waals surface area contributed by atoms with Gasteiger partial charge in [-0.25, -0.2) is 13.9 Å². The topological polar surface area (TPSA) is 135 Å². The number of benzene rings is 2. The summed E-state index contributed by atoms with van der Waals surface area (Å²) in [7, 11) is -4.02. The molecular weight excluding hydrogens is 428 g/mol. The normalized spacial score (nSPS) is 21.0. The lowest BCUT2D eigenvalue weighted by Crippen LogP contribution is -2.54. The molecule has 0 bridgehead atoms. The Morgan fingerprint density at radius 3 is 2.65 bits per heavy atom. The number of sulfonamides is 1. The van der Waals surface area contributed by atoms with Crippen molar-refractivity contribution < 1.29 is 37.7 Å². The van der Waals surface area contributed by atoms with Gasteiger partial charge in [0, 0.05) is 6.54 Å². The molecule has 3 N–H and O–H groups in total. The maximum atomic E-state index is 13.0. The SMILES string of the molecule is O=C(NO)C1CC(O)CCN1S(=O)(=O)c1ccc(OCc2ccc3c(c2)OCO3)cc1. The number of aliphatic hydroxyl groups is 1. The molecule has 1 saturated heterocycles. The Morgan fingerprint density at radius 2 is 1.90 bits per heavy atom. The minimum Gasteiger partial charge on any atom is -0.489 e. The van der Waals surface area contributed by atoms with Gasteiger partial charge in [-0.2, -0.15) is 4.31 Å². The summed E-state index contributed by atoms with van der Waals surface area (Å²) in [5.41, 5.74) is 2.34. The number of nitrogens with one attached hydrogen (secondary N) is 1. The molecule has 2 aliphatic heterocycles. The average molecular weight is 450 g/mol. The van der Waals surface area contributed by atoms with Gasteiger partial charge < -0.3 is 19.3 Å². The molecule has 2 heterocycles. The van der Waals surface area contributed by atoms with Crippen LogP contribution < -0.4 is 19.7 Å². The molecule has 0 aliphatic carbocycles. The van der Waals surface area contributed by atoms with Crippen LogP contribution in [0.4, 0.5) is 0 Å². The van der Waals surface area contributed by atoms with Gasteiger partial charge in [0.1, 0.15) is 18.4 Å². The van der Waals surface area contributed by atoms with Crippen molar-refractivity contribution in [1.29, 1.82) is 0 Å². The predicted octanol–water partition coefficient (Wildman–Crippen LogP) is 1.01. The van der Waals surface area contributed by atoms with Crippen molar-refractivity contribution in [3.8, 4) is 17.2 Å². The van der Waals surface area contributed by atoms with Crippen LogP contribution in [0, 0.1) is 0 Å². The first-order valence-corrected chi connectivity index (χ1v) is 11.1. The first-order valence-electron chi connectivity index (χ1n) is 9.64. The number of hydroxylamine groups is 1. The molecule has 0 saturated carbocycles. The number of piperidine rings is 1. The summed E-state index contributed by atoms with van der Waals surface area (Å²) < 4.78 is 43.4. The predicted molar refractivity (Wildman–Crippen MR) is 106 cm³/mol. The van der Waals surface area contributed by atoms with E-state index in [2.05, 4.69) is 0 Å². The number of rotatable bonds is 6. The first kappa shape index (κ1) is 21.4. The summed E-state index contributed by atoms with van der Waals surface area (Å²) in [6.45, 7) is 0.405. The van der Waals surface area contributed by atoms with Gasteiger partial charge in [0.05, 0.1) is 11.0 Å². The van der Waals surface area contributed by atoms with Gasteiger partial charge >= 0.3 is 0 Å². The molecule has 166 valence electrons. The van der Waals surface area contributed by atoms with E-state index in [1.165, 1.54) is 29.7 Å². The third-order valence-electron chi connectivity index (χ3n) is 5.21. The molecule has 4 rings (SSSR count). The Balaban J connectivity index is 1.45. The van der Waals surface area contributed by atoms with Crippen molar-refractivity contribution in [2.75, 3.05) is 13.3 Å². The van der Waals surface area contributed by atoms with Crippen molar-refractivity contribution in [2.24, 2.45) is 0 Å². The second-order valence-corrected chi connectivity index (χ2v) is 9.12. The number of aliphatic hydroxyl groups excluding tert-OH is 1. The van der Waals surface area contributed by atoms with Crippen molar-refractivity contribution in [3.63, 3.8) is 0 Å². The lowest BCUT2D eigenvalue weighted by molar-refractivity contribution is -0.135. The van der Waals surface area contributed by atoms with E-state index in [-0.39, 0.29) is 37.7 Å². The highest BCUT2D eigenvalue weighted by Gasteiger charge is 2.40. The van der Waals surface area contributed by atoms with Gasteiger partial charge in [-0.15, -0.1) is 0 Å².